The van der Waals surface area contributed by atoms with Crippen molar-refractivity contribution < 1.29 is 14.3 Å². The van der Waals surface area contributed by atoms with Crippen LogP contribution >= 0.6 is 0 Å². The van der Waals surface area contributed by atoms with Crippen molar-refractivity contribution in [2.75, 3.05) is 38.6 Å². The van der Waals surface area contributed by atoms with Crippen molar-refractivity contribution in [2.45, 2.75) is 13.3 Å². The first-order valence-electron chi connectivity index (χ1n) is 7.63. The average Bonchev–Trinajstić information content (AvgIpc) is 2.53. The second kappa shape index (κ2) is 10.4. The van der Waals surface area contributed by atoms with Crippen molar-refractivity contribution in [1.82, 2.24) is 10.2 Å². The summed E-state index contributed by atoms with van der Waals surface area (Å²) in [5.74, 6) is 0.300. The maximum absolute atomic E-state index is 12.2. The number of benzene rings is 1. The Bertz CT molecular complexity index is 532. The van der Waals surface area contributed by atoms with Crippen molar-refractivity contribution in [2.24, 2.45) is 0 Å². The van der Waals surface area contributed by atoms with Gasteiger partial charge in [-0.2, -0.15) is 0 Å². The number of carbonyl (C=O) groups is 2. The van der Waals surface area contributed by atoms with Gasteiger partial charge in [0, 0.05) is 6.54 Å². The first-order chi connectivity index (χ1) is 11.1. The van der Waals surface area contributed by atoms with Crippen LogP contribution in [0.2, 0.25) is 0 Å². The minimum Gasteiger partial charge on any atom is -0.495 e. The fourth-order valence-corrected chi connectivity index (χ4v) is 2.12. The molecule has 1 aromatic rings. The van der Waals surface area contributed by atoms with E-state index in [1.165, 1.54) is 0 Å². The fourth-order valence-electron chi connectivity index (χ4n) is 2.12. The Morgan fingerprint density at radius 1 is 1.26 bits per heavy atom. The Morgan fingerprint density at radius 2 is 1.96 bits per heavy atom. The lowest BCUT2D eigenvalue weighted by molar-refractivity contribution is -0.123. The number of hydrogen-bond donors (Lipinski definition) is 2. The molecule has 0 heterocycles. The molecular weight excluding hydrogens is 294 g/mol. The van der Waals surface area contributed by atoms with Gasteiger partial charge in [-0.3, -0.25) is 14.5 Å². The van der Waals surface area contributed by atoms with E-state index in [9.17, 15) is 9.59 Å². The van der Waals surface area contributed by atoms with Gasteiger partial charge < -0.3 is 15.4 Å². The summed E-state index contributed by atoms with van der Waals surface area (Å²) in [5.41, 5.74) is 0.618. The van der Waals surface area contributed by atoms with Gasteiger partial charge in [0.1, 0.15) is 5.75 Å². The normalized spacial score (nSPS) is 10.2. The average molecular weight is 319 g/mol. The molecule has 0 aliphatic rings. The van der Waals surface area contributed by atoms with E-state index in [0.717, 1.165) is 6.42 Å². The third-order valence-electron chi connectivity index (χ3n) is 3.10. The van der Waals surface area contributed by atoms with Crippen LogP contribution in [0, 0.1) is 0 Å². The molecule has 0 saturated heterocycles. The van der Waals surface area contributed by atoms with E-state index in [0.29, 0.717) is 24.5 Å². The highest BCUT2D eigenvalue weighted by Crippen LogP contribution is 2.22. The van der Waals surface area contributed by atoms with Gasteiger partial charge in [-0.1, -0.05) is 25.1 Å². The Hall–Kier alpha value is -2.34. The van der Waals surface area contributed by atoms with E-state index in [1.807, 2.05) is 24.0 Å². The Morgan fingerprint density at radius 3 is 2.61 bits per heavy atom. The summed E-state index contributed by atoms with van der Waals surface area (Å²) in [4.78, 5) is 25.8. The van der Waals surface area contributed by atoms with E-state index >= 15 is 0 Å². The minimum absolute atomic E-state index is 0.122. The zero-order chi connectivity index (χ0) is 17.1. The van der Waals surface area contributed by atoms with Crippen LogP contribution in [0.4, 0.5) is 5.69 Å². The minimum atomic E-state index is -0.181. The molecule has 0 saturated carbocycles. The van der Waals surface area contributed by atoms with E-state index in [2.05, 4.69) is 17.2 Å². The molecule has 0 fully saturated rings. The molecule has 0 unspecified atom stereocenters. The Labute approximate surface area is 137 Å². The molecule has 0 aromatic heterocycles. The molecule has 2 N–H and O–H groups in total. The lowest BCUT2D eigenvalue weighted by Gasteiger charge is -2.20. The maximum atomic E-state index is 12.2. The largest absolute Gasteiger partial charge is 0.495 e. The summed E-state index contributed by atoms with van der Waals surface area (Å²) in [6.45, 7) is 6.98. The number of carbonyl (C=O) groups excluding carboxylic acids is 2. The van der Waals surface area contributed by atoms with Gasteiger partial charge in [0.05, 0.1) is 25.9 Å². The molecule has 0 aliphatic heterocycles. The molecule has 126 valence electrons. The van der Waals surface area contributed by atoms with Crippen LogP contribution in [0.3, 0.4) is 0 Å². The SMILES string of the molecule is C=CCNC(=O)CN(CCC)CC(=O)Nc1ccccc1OC. The molecule has 0 atom stereocenters. The monoisotopic (exact) mass is 319 g/mol. The summed E-state index contributed by atoms with van der Waals surface area (Å²) >= 11 is 0. The van der Waals surface area contributed by atoms with Crippen molar-refractivity contribution in [3.05, 3.63) is 36.9 Å². The number of para-hydroxylation sites is 2. The molecule has 2 amide bonds. The number of ether oxygens (including phenoxy) is 1. The second-order valence-electron chi connectivity index (χ2n) is 5.05. The van der Waals surface area contributed by atoms with Crippen molar-refractivity contribution >= 4 is 17.5 Å². The predicted octanol–water partition coefficient (Wildman–Crippen LogP) is 1.65. The Kier molecular flexibility index (Phi) is 8.46. The summed E-state index contributed by atoms with van der Waals surface area (Å²) in [7, 11) is 1.55. The number of amides is 2. The first kappa shape index (κ1) is 18.7. The number of methoxy groups -OCH3 is 1. The summed E-state index contributed by atoms with van der Waals surface area (Å²) in [6, 6.07) is 7.21. The topological polar surface area (TPSA) is 70.7 Å². The van der Waals surface area contributed by atoms with Crippen LogP contribution in [-0.2, 0) is 9.59 Å². The van der Waals surface area contributed by atoms with Crippen molar-refractivity contribution in [3.63, 3.8) is 0 Å². The molecule has 0 radical (unpaired) electrons. The number of hydrogen-bond acceptors (Lipinski definition) is 4. The molecule has 23 heavy (non-hydrogen) atoms. The predicted molar refractivity (Wildman–Crippen MR) is 91.6 cm³/mol. The van der Waals surface area contributed by atoms with Crippen LogP contribution in [-0.4, -0.2) is 50.0 Å². The smallest absolute Gasteiger partial charge is 0.238 e. The van der Waals surface area contributed by atoms with Gasteiger partial charge in [0.15, 0.2) is 0 Å². The third kappa shape index (κ3) is 6.97. The van der Waals surface area contributed by atoms with E-state index < -0.39 is 0 Å². The van der Waals surface area contributed by atoms with Crippen LogP contribution < -0.4 is 15.4 Å². The second-order valence-corrected chi connectivity index (χ2v) is 5.05. The summed E-state index contributed by atoms with van der Waals surface area (Å²) in [6.07, 6.45) is 2.48. The van der Waals surface area contributed by atoms with E-state index in [4.69, 9.17) is 4.74 Å². The van der Waals surface area contributed by atoms with Crippen molar-refractivity contribution in [3.8, 4) is 5.75 Å². The first-order valence-corrected chi connectivity index (χ1v) is 7.63. The maximum Gasteiger partial charge on any atom is 0.238 e. The van der Waals surface area contributed by atoms with E-state index in [-0.39, 0.29) is 24.9 Å². The van der Waals surface area contributed by atoms with Crippen LogP contribution in [0.1, 0.15) is 13.3 Å². The van der Waals surface area contributed by atoms with Gasteiger partial charge in [0.25, 0.3) is 0 Å². The number of rotatable bonds is 10. The van der Waals surface area contributed by atoms with E-state index in [1.54, 1.807) is 25.3 Å². The number of nitrogens with zero attached hydrogens (tertiary/aromatic N) is 1. The molecule has 0 aliphatic carbocycles. The zero-order valence-electron chi connectivity index (χ0n) is 13.8. The highest BCUT2D eigenvalue weighted by molar-refractivity contribution is 5.94. The standard InChI is InChI=1S/C17H25N3O3/c1-4-10-18-16(21)12-20(11-5-2)13-17(22)19-14-8-6-7-9-15(14)23-3/h4,6-9H,1,5,10-13H2,2-3H3,(H,18,21)(H,19,22). The molecule has 0 spiro atoms. The Balaban J connectivity index is 2.59. The highest BCUT2D eigenvalue weighted by atomic mass is 16.5. The number of anilines is 1. The lowest BCUT2D eigenvalue weighted by Crippen LogP contribution is -2.41. The highest BCUT2D eigenvalue weighted by Gasteiger charge is 2.14. The number of nitrogens with one attached hydrogen (secondary N) is 2. The zero-order valence-corrected chi connectivity index (χ0v) is 13.8. The van der Waals surface area contributed by atoms with Gasteiger partial charge in [-0.15, -0.1) is 6.58 Å². The van der Waals surface area contributed by atoms with Gasteiger partial charge >= 0.3 is 0 Å². The van der Waals surface area contributed by atoms with Gasteiger partial charge in [0.2, 0.25) is 11.8 Å². The molecule has 6 nitrogen and oxygen atoms in total. The fraction of sp³-hybridized carbons (Fsp3) is 0.412. The lowest BCUT2D eigenvalue weighted by atomic mass is 10.3. The molecule has 6 heteroatoms. The van der Waals surface area contributed by atoms with Crippen LogP contribution in [0.5, 0.6) is 5.75 Å². The van der Waals surface area contributed by atoms with Crippen LogP contribution in [0.25, 0.3) is 0 Å². The van der Waals surface area contributed by atoms with Crippen LogP contribution in [0.15, 0.2) is 36.9 Å². The third-order valence-corrected chi connectivity index (χ3v) is 3.10. The van der Waals surface area contributed by atoms with Crippen molar-refractivity contribution in [1.29, 1.82) is 0 Å². The van der Waals surface area contributed by atoms with Gasteiger partial charge in [-0.05, 0) is 25.1 Å². The molecular formula is C17H25N3O3. The quantitative estimate of drug-likeness (QED) is 0.643. The summed E-state index contributed by atoms with van der Waals surface area (Å²) in [5, 5.41) is 5.53. The molecule has 0 bridgehead atoms. The summed E-state index contributed by atoms with van der Waals surface area (Å²) < 4.78 is 5.21. The molecule has 1 aromatic carbocycles. The van der Waals surface area contributed by atoms with Gasteiger partial charge in [-0.25, -0.2) is 0 Å². The molecule has 1 rings (SSSR count).